The van der Waals surface area contributed by atoms with Crippen molar-refractivity contribution in [2.45, 2.75) is 13.0 Å². The number of amidine groups is 1. The summed E-state index contributed by atoms with van der Waals surface area (Å²) in [7, 11) is 2.74. The van der Waals surface area contributed by atoms with Gasteiger partial charge in [-0.05, 0) is 24.6 Å². The predicted octanol–water partition coefficient (Wildman–Crippen LogP) is 1.69. The summed E-state index contributed by atoms with van der Waals surface area (Å²) in [5, 5.41) is 13.6. The van der Waals surface area contributed by atoms with E-state index in [0.29, 0.717) is 16.8 Å². The quantitative estimate of drug-likeness (QED) is 0.518. The van der Waals surface area contributed by atoms with Gasteiger partial charge in [-0.1, -0.05) is 0 Å². The maximum absolute atomic E-state index is 12.0. The summed E-state index contributed by atoms with van der Waals surface area (Å²) < 4.78 is 9.87. The predicted molar refractivity (Wildman–Crippen MR) is 78.1 cm³/mol. The number of ether oxygens (including phenoxy) is 2. The number of nitro groups is 1. The number of aliphatic imine (C=N–C) groups is 1. The minimum absolute atomic E-state index is 0.0334. The van der Waals surface area contributed by atoms with Crippen LogP contribution in [0, 0.1) is 10.1 Å². The fourth-order valence-electron chi connectivity index (χ4n) is 2.14. The Labute approximate surface area is 126 Å². The maximum Gasteiger partial charge on any atom is 0.338 e. The van der Waals surface area contributed by atoms with Crippen LogP contribution < -0.4 is 5.32 Å². The molecule has 1 atom stereocenters. The van der Waals surface area contributed by atoms with Crippen LogP contribution in [0.4, 0.5) is 5.69 Å². The molecule has 22 heavy (non-hydrogen) atoms. The first-order chi connectivity index (χ1) is 10.5. The van der Waals surface area contributed by atoms with Gasteiger partial charge in [0, 0.05) is 17.8 Å². The van der Waals surface area contributed by atoms with E-state index < -0.39 is 16.9 Å². The summed E-state index contributed by atoms with van der Waals surface area (Å²) in [5.74, 6) is -0.521. The lowest BCUT2D eigenvalue weighted by Gasteiger charge is -2.24. The molecule has 0 amide bonds. The van der Waals surface area contributed by atoms with Gasteiger partial charge in [0.2, 0.25) is 0 Å². The SMILES string of the molecule is COC(=O)C1=C(C)NC(OC)=N[C@@H]1c1ccc([N+](=O)[O-])cc1. The third-order valence-electron chi connectivity index (χ3n) is 3.24. The minimum Gasteiger partial charge on any atom is -0.468 e. The van der Waals surface area contributed by atoms with Gasteiger partial charge in [-0.3, -0.25) is 10.1 Å². The Morgan fingerprint density at radius 3 is 2.45 bits per heavy atom. The highest BCUT2D eigenvalue weighted by Gasteiger charge is 2.30. The summed E-state index contributed by atoms with van der Waals surface area (Å²) in [6.07, 6.45) is 0. The number of non-ortho nitro benzene ring substituents is 1. The standard InChI is InChI=1S/C14H15N3O5/c1-8-11(13(18)21-2)12(16-14(15-8)22-3)9-4-6-10(7-5-9)17(19)20/h4-7,12H,1-3H3,(H,15,16)/t12-/m1/s1. The van der Waals surface area contributed by atoms with Crippen molar-refractivity contribution < 1.29 is 19.2 Å². The van der Waals surface area contributed by atoms with E-state index >= 15 is 0 Å². The molecule has 0 bridgehead atoms. The Kier molecular flexibility index (Phi) is 4.40. The van der Waals surface area contributed by atoms with E-state index in [-0.39, 0.29) is 11.7 Å². The number of carbonyl (C=O) groups is 1. The molecule has 8 heteroatoms. The van der Waals surface area contributed by atoms with Crippen LogP contribution in [-0.4, -0.2) is 31.1 Å². The monoisotopic (exact) mass is 305 g/mol. The van der Waals surface area contributed by atoms with Gasteiger partial charge in [0.05, 0.1) is 24.7 Å². The summed E-state index contributed by atoms with van der Waals surface area (Å²) in [4.78, 5) is 26.5. The average molecular weight is 305 g/mol. The van der Waals surface area contributed by atoms with Crippen LogP contribution in [-0.2, 0) is 14.3 Å². The first-order valence-corrected chi connectivity index (χ1v) is 6.40. The van der Waals surface area contributed by atoms with Crippen molar-refractivity contribution in [2.24, 2.45) is 4.99 Å². The number of nitro benzene ring substituents is 1. The van der Waals surface area contributed by atoms with Gasteiger partial charge in [0.25, 0.3) is 11.7 Å². The van der Waals surface area contributed by atoms with E-state index in [9.17, 15) is 14.9 Å². The van der Waals surface area contributed by atoms with E-state index in [1.165, 1.54) is 26.4 Å². The van der Waals surface area contributed by atoms with E-state index in [0.717, 1.165) is 0 Å². The highest BCUT2D eigenvalue weighted by Crippen LogP contribution is 2.32. The molecular formula is C14H15N3O5. The molecule has 0 saturated heterocycles. The number of nitrogens with zero attached hydrogens (tertiary/aromatic N) is 2. The fraction of sp³-hybridized carbons (Fsp3) is 0.286. The van der Waals surface area contributed by atoms with Crippen molar-refractivity contribution in [3.8, 4) is 0 Å². The molecule has 0 saturated carbocycles. The molecule has 116 valence electrons. The Morgan fingerprint density at radius 1 is 1.32 bits per heavy atom. The second kappa shape index (κ2) is 6.25. The molecular weight excluding hydrogens is 290 g/mol. The van der Waals surface area contributed by atoms with Gasteiger partial charge in [-0.15, -0.1) is 0 Å². The van der Waals surface area contributed by atoms with Crippen LogP contribution in [0.1, 0.15) is 18.5 Å². The molecule has 0 fully saturated rings. The number of allylic oxidation sites excluding steroid dienone is 1. The van der Waals surface area contributed by atoms with Gasteiger partial charge in [-0.25, -0.2) is 9.79 Å². The Bertz CT molecular complexity index is 664. The first-order valence-electron chi connectivity index (χ1n) is 6.40. The van der Waals surface area contributed by atoms with Crippen molar-refractivity contribution in [3.05, 3.63) is 51.2 Å². The topological polar surface area (TPSA) is 103 Å². The zero-order valence-electron chi connectivity index (χ0n) is 12.3. The number of hydrogen-bond donors (Lipinski definition) is 1. The smallest absolute Gasteiger partial charge is 0.338 e. The molecule has 1 aromatic rings. The summed E-state index contributed by atoms with van der Waals surface area (Å²) in [5.41, 5.74) is 1.48. The molecule has 8 nitrogen and oxygen atoms in total. The van der Waals surface area contributed by atoms with Crippen molar-refractivity contribution in [2.75, 3.05) is 14.2 Å². The lowest BCUT2D eigenvalue weighted by Crippen LogP contribution is -2.32. The van der Waals surface area contributed by atoms with Gasteiger partial charge in [-0.2, -0.15) is 0 Å². The van der Waals surface area contributed by atoms with Gasteiger partial charge < -0.3 is 14.8 Å². The molecule has 1 aromatic carbocycles. The number of methoxy groups -OCH3 is 2. The molecule has 0 spiro atoms. The summed E-state index contributed by atoms with van der Waals surface area (Å²) in [6.45, 7) is 1.71. The number of benzene rings is 1. The van der Waals surface area contributed by atoms with Gasteiger partial charge in [0.15, 0.2) is 0 Å². The zero-order valence-corrected chi connectivity index (χ0v) is 12.3. The molecule has 2 rings (SSSR count). The second-order valence-corrected chi connectivity index (χ2v) is 4.54. The van der Waals surface area contributed by atoms with Crippen molar-refractivity contribution >= 4 is 17.7 Å². The molecule has 0 aromatic heterocycles. The largest absolute Gasteiger partial charge is 0.468 e. The van der Waals surface area contributed by atoms with E-state index in [1.54, 1.807) is 19.1 Å². The zero-order chi connectivity index (χ0) is 16.3. The number of nitrogens with one attached hydrogen (secondary N) is 1. The van der Waals surface area contributed by atoms with E-state index in [4.69, 9.17) is 9.47 Å². The normalized spacial score (nSPS) is 17.4. The first kappa shape index (κ1) is 15.5. The highest BCUT2D eigenvalue weighted by atomic mass is 16.6. The molecule has 0 radical (unpaired) electrons. The van der Waals surface area contributed by atoms with Gasteiger partial charge >= 0.3 is 5.97 Å². The number of esters is 1. The lowest BCUT2D eigenvalue weighted by molar-refractivity contribution is -0.384. The Balaban J connectivity index is 2.46. The molecule has 1 N–H and O–H groups in total. The van der Waals surface area contributed by atoms with Crippen LogP contribution in [0.2, 0.25) is 0 Å². The van der Waals surface area contributed by atoms with Crippen LogP contribution in [0.15, 0.2) is 40.5 Å². The Hall–Kier alpha value is -2.90. The Morgan fingerprint density at radius 2 is 1.95 bits per heavy atom. The third-order valence-corrected chi connectivity index (χ3v) is 3.24. The molecule has 0 unspecified atom stereocenters. The summed E-state index contributed by atoms with van der Waals surface area (Å²) >= 11 is 0. The third kappa shape index (κ3) is 2.90. The van der Waals surface area contributed by atoms with Crippen LogP contribution >= 0.6 is 0 Å². The summed E-state index contributed by atoms with van der Waals surface area (Å²) in [6, 6.07) is 5.45. The fourth-order valence-corrected chi connectivity index (χ4v) is 2.14. The van der Waals surface area contributed by atoms with Crippen LogP contribution in [0.3, 0.4) is 0 Å². The number of hydrogen-bond acceptors (Lipinski definition) is 7. The van der Waals surface area contributed by atoms with E-state index in [1.807, 2.05) is 0 Å². The second-order valence-electron chi connectivity index (χ2n) is 4.54. The van der Waals surface area contributed by atoms with Crippen molar-refractivity contribution in [3.63, 3.8) is 0 Å². The van der Waals surface area contributed by atoms with Gasteiger partial charge in [0.1, 0.15) is 6.04 Å². The molecule has 1 aliphatic heterocycles. The number of carbonyl (C=O) groups excluding carboxylic acids is 1. The van der Waals surface area contributed by atoms with E-state index in [2.05, 4.69) is 10.3 Å². The lowest BCUT2D eigenvalue weighted by atomic mass is 9.96. The van der Waals surface area contributed by atoms with Crippen molar-refractivity contribution in [1.82, 2.24) is 5.32 Å². The van der Waals surface area contributed by atoms with Crippen LogP contribution in [0.25, 0.3) is 0 Å². The number of rotatable bonds is 3. The minimum atomic E-state index is -0.649. The molecule has 1 aliphatic rings. The average Bonchev–Trinajstić information content (AvgIpc) is 2.53. The van der Waals surface area contributed by atoms with Crippen molar-refractivity contribution in [1.29, 1.82) is 0 Å². The van der Waals surface area contributed by atoms with Crippen LogP contribution in [0.5, 0.6) is 0 Å². The highest BCUT2D eigenvalue weighted by molar-refractivity contribution is 5.94. The maximum atomic E-state index is 12.0. The molecule has 1 heterocycles. The molecule has 0 aliphatic carbocycles.